The molecule has 2 atom stereocenters. The third-order valence-corrected chi connectivity index (χ3v) is 5.71. The lowest BCUT2D eigenvalue weighted by atomic mass is 10.0. The fraction of sp³-hybridized carbons (Fsp3) is 0.318. The maximum Gasteiger partial charge on any atom is 0.415 e. The molecular formula is C22H22N4O2. The van der Waals surface area contributed by atoms with E-state index in [9.17, 15) is 4.79 Å². The number of cyclic esters (lactones) is 1. The maximum atomic E-state index is 12.2. The summed E-state index contributed by atoms with van der Waals surface area (Å²) in [6.45, 7) is 6.02. The number of ether oxygens (including phenoxy) is 1. The molecule has 6 nitrogen and oxygen atoms in total. The number of pyridine rings is 1. The van der Waals surface area contributed by atoms with E-state index in [0.29, 0.717) is 0 Å². The number of carbonyl (C=O) groups is 1. The Kier molecular flexibility index (Phi) is 3.75. The molecule has 3 aromatic rings. The number of amides is 1. The van der Waals surface area contributed by atoms with Crippen molar-refractivity contribution in [1.29, 1.82) is 0 Å². The summed E-state index contributed by atoms with van der Waals surface area (Å²) in [4.78, 5) is 23.1. The highest BCUT2D eigenvalue weighted by Gasteiger charge is 2.46. The Morgan fingerprint density at radius 3 is 2.68 bits per heavy atom. The number of rotatable bonds is 3. The normalized spacial score (nSPS) is 20.2. The molecule has 142 valence electrons. The molecule has 0 spiro atoms. The number of nitrogens with zero attached hydrogens (tertiary/aromatic N) is 4. The Morgan fingerprint density at radius 2 is 2.00 bits per heavy atom. The fourth-order valence-corrected chi connectivity index (χ4v) is 4.36. The molecule has 1 aromatic carbocycles. The second-order valence-electron chi connectivity index (χ2n) is 7.52. The van der Waals surface area contributed by atoms with Crippen molar-refractivity contribution in [2.75, 3.05) is 4.90 Å². The van der Waals surface area contributed by atoms with Crippen molar-refractivity contribution >= 4 is 11.8 Å². The number of aromatic nitrogens is 3. The van der Waals surface area contributed by atoms with Crippen molar-refractivity contribution < 1.29 is 9.53 Å². The van der Waals surface area contributed by atoms with Crippen LogP contribution in [0, 0.1) is 13.8 Å². The lowest BCUT2D eigenvalue weighted by Crippen LogP contribution is -2.32. The van der Waals surface area contributed by atoms with E-state index in [1.165, 1.54) is 5.56 Å². The van der Waals surface area contributed by atoms with E-state index in [2.05, 4.69) is 35.1 Å². The number of anilines is 1. The van der Waals surface area contributed by atoms with Gasteiger partial charge in [-0.25, -0.2) is 14.8 Å². The first-order chi connectivity index (χ1) is 13.5. The van der Waals surface area contributed by atoms with Crippen LogP contribution in [0.2, 0.25) is 0 Å². The van der Waals surface area contributed by atoms with Crippen molar-refractivity contribution in [3.8, 4) is 16.9 Å². The third-order valence-electron chi connectivity index (χ3n) is 5.71. The van der Waals surface area contributed by atoms with Crippen LogP contribution in [0.25, 0.3) is 16.9 Å². The molecule has 0 saturated carbocycles. The number of aryl methyl sites for hydroxylation is 2. The number of fused-ring (bicyclic) bond motifs is 3. The lowest BCUT2D eigenvalue weighted by Gasteiger charge is -2.15. The van der Waals surface area contributed by atoms with E-state index < -0.39 is 0 Å². The highest BCUT2D eigenvalue weighted by Crippen LogP contribution is 2.41. The van der Waals surface area contributed by atoms with Crippen LogP contribution in [0.5, 0.6) is 0 Å². The van der Waals surface area contributed by atoms with Gasteiger partial charge in [-0.3, -0.25) is 9.47 Å². The molecule has 6 heteroatoms. The van der Waals surface area contributed by atoms with Gasteiger partial charge in [-0.2, -0.15) is 0 Å². The molecule has 0 N–H and O–H groups in total. The SMILES string of the molecule is CCC1OC(=O)N2c3ccc(-c4ccc(-n5cc(C)nc5C)nc4)cc3CC12. The lowest BCUT2D eigenvalue weighted by molar-refractivity contribution is 0.129. The molecule has 4 heterocycles. The molecule has 0 bridgehead atoms. The van der Waals surface area contributed by atoms with Crippen molar-refractivity contribution in [3.05, 3.63) is 59.8 Å². The Balaban J connectivity index is 1.45. The van der Waals surface area contributed by atoms with Gasteiger partial charge < -0.3 is 4.74 Å². The van der Waals surface area contributed by atoms with Gasteiger partial charge >= 0.3 is 6.09 Å². The maximum absolute atomic E-state index is 12.2. The first-order valence-corrected chi connectivity index (χ1v) is 9.67. The number of hydrogen-bond acceptors (Lipinski definition) is 4. The van der Waals surface area contributed by atoms with E-state index in [1.807, 2.05) is 47.8 Å². The molecule has 2 aromatic heterocycles. The molecule has 1 fully saturated rings. The standard InChI is InChI=1S/C22H22N4O2/c1-4-20-19-10-17-9-15(5-7-18(17)26(19)22(27)28-20)16-6-8-21(23-11-16)25-12-13(2)24-14(25)3/h5-9,11-12,19-20H,4,10H2,1-3H3. The zero-order valence-electron chi connectivity index (χ0n) is 16.2. The summed E-state index contributed by atoms with van der Waals surface area (Å²) in [5, 5.41) is 0. The number of imidazole rings is 1. The molecule has 2 aliphatic heterocycles. The summed E-state index contributed by atoms with van der Waals surface area (Å²) >= 11 is 0. The van der Waals surface area contributed by atoms with E-state index in [0.717, 1.165) is 47.0 Å². The van der Waals surface area contributed by atoms with Gasteiger partial charge in [0.2, 0.25) is 0 Å². The van der Waals surface area contributed by atoms with Crippen molar-refractivity contribution in [1.82, 2.24) is 14.5 Å². The van der Waals surface area contributed by atoms with E-state index >= 15 is 0 Å². The predicted molar refractivity (Wildman–Crippen MR) is 107 cm³/mol. The van der Waals surface area contributed by atoms with Gasteiger partial charge in [-0.15, -0.1) is 0 Å². The van der Waals surface area contributed by atoms with Crippen LogP contribution in [0.15, 0.2) is 42.7 Å². The minimum absolute atomic E-state index is 0.0221. The summed E-state index contributed by atoms with van der Waals surface area (Å²) in [5.41, 5.74) is 5.32. The van der Waals surface area contributed by atoms with Crippen LogP contribution < -0.4 is 4.90 Å². The number of benzene rings is 1. The Morgan fingerprint density at radius 1 is 1.18 bits per heavy atom. The zero-order chi connectivity index (χ0) is 19.4. The van der Waals surface area contributed by atoms with Crippen LogP contribution in [0.4, 0.5) is 10.5 Å². The predicted octanol–water partition coefficient (Wildman–Crippen LogP) is 4.21. The summed E-state index contributed by atoms with van der Waals surface area (Å²) < 4.78 is 7.48. The Hall–Kier alpha value is -3.15. The summed E-state index contributed by atoms with van der Waals surface area (Å²) in [7, 11) is 0. The molecule has 1 saturated heterocycles. The number of carbonyl (C=O) groups excluding carboxylic acids is 1. The molecule has 1 amide bonds. The van der Waals surface area contributed by atoms with Gasteiger partial charge in [-0.1, -0.05) is 13.0 Å². The van der Waals surface area contributed by atoms with Gasteiger partial charge in [0.05, 0.1) is 17.4 Å². The topological polar surface area (TPSA) is 60.2 Å². The molecule has 2 unspecified atom stereocenters. The van der Waals surface area contributed by atoms with Crippen LogP contribution >= 0.6 is 0 Å². The second-order valence-corrected chi connectivity index (χ2v) is 7.52. The molecular weight excluding hydrogens is 352 g/mol. The highest BCUT2D eigenvalue weighted by atomic mass is 16.6. The first kappa shape index (κ1) is 17.0. The second kappa shape index (κ2) is 6.19. The summed E-state index contributed by atoms with van der Waals surface area (Å²) in [6, 6.07) is 10.5. The van der Waals surface area contributed by atoms with Crippen LogP contribution in [0.1, 0.15) is 30.4 Å². The molecule has 28 heavy (non-hydrogen) atoms. The van der Waals surface area contributed by atoms with Gasteiger partial charge in [-0.05, 0) is 62.1 Å². The molecule has 2 aliphatic rings. The van der Waals surface area contributed by atoms with Crippen molar-refractivity contribution in [2.45, 2.75) is 45.8 Å². The zero-order valence-corrected chi connectivity index (χ0v) is 16.2. The minimum atomic E-state index is -0.222. The van der Waals surface area contributed by atoms with E-state index in [1.54, 1.807) is 0 Å². The smallest absolute Gasteiger partial charge is 0.415 e. The van der Waals surface area contributed by atoms with Crippen molar-refractivity contribution in [2.24, 2.45) is 0 Å². The molecule has 5 rings (SSSR count). The Labute approximate surface area is 163 Å². The van der Waals surface area contributed by atoms with Gasteiger partial charge in [0.25, 0.3) is 0 Å². The number of hydrogen-bond donors (Lipinski definition) is 0. The molecule has 0 radical (unpaired) electrons. The Bertz CT molecular complexity index is 1070. The van der Waals surface area contributed by atoms with Crippen molar-refractivity contribution in [3.63, 3.8) is 0 Å². The van der Waals surface area contributed by atoms with E-state index in [-0.39, 0.29) is 18.2 Å². The van der Waals surface area contributed by atoms with Crippen LogP contribution in [-0.4, -0.2) is 32.8 Å². The third kappa shape index (κ3) is 2.52. The van der Waals surface area contributed by atoms with Gasteiger partial charge in [0.15, 0.2) is 0 Å². The highest BCUT2D eigenvalue weighted by molar-refractivity contribution is 5.94. The van der Waals surface area contributed by atoms with E-state index in [4.69, 9.17) is 4.74 Å². The minimum Gasteiger partial charge on any atom is -0.444 e. The quantitative estimate of drug-likeness (QED) is 0.689. The monoisotopic (exact) mass is 374 g/mol. The summed E-state index contributed by atoms with van der Waals surface area (Å²) in [5.74, 6) is 1.78. The first-order valence-electron chi connectivity index (χ1n) is 9.67. The van der Waals surface area contributed by atoms with Gasteiger partial charge in [0, 0.05) is 18.0 Å². The largest absolute Gasteiger partial charge is 0.444 e. The average Bonchev–Trinajstić information content (AvgIpc) is 3.33. The average molecular weight is 374 g/mol. The van der Waals surface area contributed by atoms with Crippen LogP contribution in [0.3, 0.4) is 0 Å². The fourth-order valence-electron chi connectivity index (χ4n) is 4.36. The van der Waals surface area contributed by atoms with Crippen LogP contribution in [-0.2, 0) is 11.2 Å². The molecule has 0 aliphatic carbocycles. The summed E-state index contributed by atoms with van der Waals surface area (Å²) in [6.07, 6.45) is 5.32. The van der Waals surface area contributed by atoms with Gasteiger partial charge in [0.1, 0.15) is 17.7 Å².